The second-order valence-corrected chi connectivity index (χ2v) is 12.1. The van der Waals surface area contributed by atoms with E-state index in [1.165, 1.54) is 17.7 Å². The Morgan fingerprint density at radius 2 is 1.64 bits per heavy atom. The average Bonchev–Trinajstić information content (AvgIpc) is 2.98. The first-order valence-corrected chi connectivity index (χ1v) is 15.9. The van der Waals surface area contributed by atoms with Crippen LogP contribution in [0.15, 0.2) is 78.6 Å². The number of aryl methyl sites for hydroxylation is 1. The topological polar surface area (TPSA) is 58.6 Å². The summed E-state index contributed by atoms with van der Waals surface area (Å²) >= 11 is 12.2. The lowest BCUT2D eigenvalue weighted by molar-refractivity contribution is -0.105. The zero-order valence-electron chi connectivity index (χ0n) is 26.9. The van der Waals surface area contributed by atoms with Crippen LogP contribution in [0.3, 0.4) is 0 Å². The van der Waals surface area contributed by atoms with E-state index in [9.17, 15) is 14.3 Å². The normalized spacial score (nSPS) is 12.9. The summed E-state index contributed by atoms with van der Waals surface area (Å²) in [6.07, 6.45) is 6.17. The van der Waals surface area contributed by atoms with Crippen LogP contribution in [0.4, 0.5) is 10.1 Å². The molecule has 0 fully saturated rings. The number of anilines is 1. The molecule has 0 spiro atoms. The van der Waals surface area contributed by atoms with Crippen molar-refractivity contribution in [2.75, 3.05) is 5.32 Å². The Morgan fingerprint density at radius 1 is 1.00 bits per heavy atom. The predicted molar refractivity (Wildman–Crippen MR) is 184 cm³/mol. The van der Waals surface area contributed by atoms with Crippen LogP contribution in [0.1, 0.15) is 101 Å². The number of benzene rings is 3. The molecule has 3 aromatic carbocycles. The number of carbonyl (C=O) groups is 1. The largest absolute Gasteiger partial charge is 0.509 e. The third-order valence-electron chi connectivity index (χ3n) is 8.06. The van der Waals surface area contributed by atoms with Crippen molar-refractivity contribution in [3.05, 3.63) is 117 Å². The Kier molecular flexibility index (Phi) is 14.5. The molecule has 3 aromatic rings. The fraction of sp³-hybridized carbons (Fsp3) is 0.378. The van der Waals surface area contributed by atoms with Crippen molar-refractivity contribution in [2.24, 2.45) is 0 Å². The van der Waals surface area contributed by atoms with Gasteiger partial charge in [0, 0.05) is 21.7 Å². The minimum Gasteiger partial charge on any atom is -0.509 e. The summed E-state index contributed by atoms with van der Waals surface area (Å²) < 4.78 is 19.7. The van der Waals surface area contributed by atoms with Crippen molar-refractivity contribution in [3.63, 3.8) is 0 Å². The Balaban J connectivity index is 0.000000311. The van der Waals surface area contributed by atoms with Gasteiger partial charge in [0.2, 0.25) is 6.41 Å². The van der Waals surface area contributed by atoms with Gasteiger partial charge in [-0.2, -0.15) is 0 Å². The number of rotatable bonds is 13. The summed E-state index contributed by atoms with van der Waals surface area (Å²) in [5.74, 6) is 0.805. The lowest BCUT2D eigenvalue weighted by atomic mass is 9.89. The second-order valence-electron chi connectivity index (χ2n) is 11.2. The Bertz CT molecular complexity index is 1450. The van der Waals surface area contributed by atoms with Gasteiger partial charge in [0.15, 0.2) is 5.60 Å². The van der Waals surface area contributed by atoms with E-state index in [0.717, 1.165) is 40.8 Å². The maximum atomic E-state index is 13.4. The third kappa shape index (κ3) is 9.87. The van der Waals surface area contributed by atoms with Crippen LogP contribution in [0.5, 0.6) is 5.75 Å². The van der Waals surface area contributed by atoms with E-state index in [4.69, 9.17) is 27.9 Å². The number of allylic oxidation sites excluding steroid dienone is 2. The molecular weight excluding hydrogens is 596 g/mol. The first kappa shape index (κ1) is 36.9. The molecule has 2 atom stereocenters. The van der Waals surface area contributed by atoms with Gasteiger partial charge in [-0.3, -0.25) is 4.79 Å². The lowest BCUT2D eigenvalue weighted by Gasteiger charge is -2.33. The first-order chi connectivity index (χ1) is 20.8. The fourth-order valence-corrected chi connectivity index (χ4v) is 5.79. The zero-order valence-corrected chi connectivity index (χ0v) is 28.5. The minimum absolute atomic E-state index is 0.0505. The highest BCUT2D eigenvalue weighted by atomic mass is 35.5. The number of hydrogen-bond acceptors (Lipinski definition) is 3. The van der Waals surface area contributed by atoms with Gasteiger partial charge in [-0.1, -0.05) is 88.2 Å². The molecule has 0 saturated heterocycles. The molecule has 4 nitrogen and oxygen atoms in total. The van der Waals surface area contributed by atoms with E-state index in [0.29, 0.717) is 35.0 Å². The molecule has 2 unspecified atom stereocenters. The number of carbonyl (C=O) groups excluding carboxylic acids is 1. The van der Waals surface area contributed by atoms with Crippen LogP contribution < -0.4 is 10.1 Å². The number of nitrogens with one attached hydrogen (secondary N) is 1. The summed E-state index contributed by atoms with van der Waals surface area (Å²) in [5, 5.41) is 14.0. The van der Waals surface area contributed by atoms with Crippen molar-refractivity contribution >= 4 is 35.3 Å². The smallest absolute Gasteiger partial charge is 0.211 e. The van der Waals surface area contributed by atoms with E-state index < -0.39 is 5.60 Å². The number of ether oxygens (including phenoxy) is 1. The van der Waals surface area contributed by atoms with Crippen molar-refractivity contribution in [3.8, 4) is 5.75 Å². The number of amides is 1. The molecule has 0 aliphatic heterocycles. The molecule has 3 rings (SSSR count). The maximum Gasteiger partial charge on any atom is 0.211 e. The minimum atomic E-state index is -0.753. The van der Waals surface area contributed by atoms with Crippen LogP contribution in [-0.2, 0) is 4.79 Å². The van der Waals surface area contributed by atoms with Gasteiger partial charge < -0.3 is 15.2 Å². The van der Waals surface area contributed by atoms with Gasteiger partial charge in [-0.25, -0.2) is 4.39 Å². The quantitative estimate of drug-likeness (QED) is 0.111. The number of aliphatic hydroxyl groups excluding tert-OH is 1. The SMILES string of the molecule is C=C(O)C(CC)(CC)Oc1ccc(Cl)cc1C(C)C/C(C)=C\CC.Cc1ccc(F)cc1C(C)c1ccc(Cl)cc1NC=O. The van der Waals surface area contributed by atoms with Crippen molar-refractivity contribution < 1.29 is 19.0 Å². The molecule has 0 bridgehead atoms. The van der Waals surface area contributed by atoms with Crippen molar-refractivity contribution in [2.45, 2.75) is 91.6 Å². The highest BCUT2D eigenvalue weighted by Crippen LogP contribution is 2.38. The first-order valence-electron chi connectivity index (χ1n) is 15.1. The predicted octanol–water partition coefficient (Wildman–Crippen LogP) is 11.7. The molecule has 0 aromatic heterocycles. The molecule has 238 valence electrons. The van der Waals surface area contributed by atoms with E-state index >= 15 is 0 Å². The molecule has 1 amide bonds. The van der Waals surface area contributed by atoms with Crippen molar-refractivity contribution in [1.29, 1.82) is 0 Å². The van der Waals surface area contributed by atoms with E-state index in [-0.39, 0.29) is 23.4 Å². The van der Waals surface area contributed by atoms with E-state index in [2.05, 4.69) is 38.7 Å². The molecule has 0 saturated carbocycles. The highest BCUT2D eigenvalue weighted by Gasteiger charge is 2.33. The van der Waals surface area contributed by atoms with Crippen LogP contribution >= 0.6 is 23.2 Å². The van der Waals surface area contributed by atoms with Gasteiger partial charge in [-0.05, 0) is 110 Å². The molecular formula is C37H46Cl2FNO3. The molecule has 0 aliphatic carbocycles. The number of aliphatic hydroxyl groups is 1. The monoisotopic (exact) mass is 641 g/mol. The fourth-order valence-electron chi connectivity index (χ4n) is 5.43. The van der Waals surface area contributed by atoms with Gasteiger partial charge in [-0.15, -0.1) is 0 Å². The standard InChI is InChI=1S/C21H31ClO2.C16H15ClFNO/c1-7-10-15(4)13-16(5)19-14-18(22)11-12-20(19)24-21(8-2,9-3)17(6)23;1-10-3-5-13(18)8-15(10)11(2)14-6-4-12(17)7-16(14)19-9-20/h10-12,14,16,23H,6-9,13H2,1-5H3;3-9,11H,1-2H3,(H,19,20)/b15-10-;. The van der Waals surface area contributed by atoms with Crippen LogP contribution in [-0.4, -0.2) is 17.1 Å². The van der Waals surface area contributed by atoms with Gasteiger partial charge in [0.05, 0.1) is 0 Å². The Labute approximate surface area is 272 Å². The van der Waals surface area contributed by atoms with Crippen LogP contribution in [0, 0.1) is 12.7 Å². The zero-order chi connectivity index (χ0) is 33.0. The van der Waals surface area contributed by atoms with Crippen molar-refractivity contribution in [1.82, 2.24) is 0 Å². The van der Waals surface area contributed by atoms with Crippen LogP contribution in [0.25, 0.3) is 0 Å². The molecule has 2 N–H and O–H groups in total. The highest BCUT2D eigenvalue weighted by molar-refractivity contribution is 6.31. The number of halogens is 3. The molecule has 7 heteroatoms. The third-order valence-corrected chi connectivity index (χ3v) is 8.53. The summed E-state index contributed by atoms with van der Waals surface area (Å²) in [5.41, 5.74) is 5.11. The van der Waals surface area contributed by atoms with Gasteiger partial charge in [0.25, 0.3) is 0 Å². The summed E-state index contributed by atoms with van der Waals surface area (Å²) in [7, 11) is 0. The molecule has 44 heavy (non-hydrogen) atoms. The molecule has 0 radical (unpaired) electrons. The number of hydrogen-bond donors (Lipinski definition) is 2. The van der Waals surface area contributed by atoms with Gasteiger partial charge >= 0.3 is 0 Å². The Hall–Kier alpha value is -3.28. The summed E-state index contributed by atoms with van der Waals surface area (Å²) in [6, 6.07) is 15.7. The van der Waals surface area contributed by atoms with Crippen LogP contribution in [0.2, 0.25) is 10.0 Å². The molecule has 0 heterocycles. The van der Waals surface area contributed by atoms with Gasteiger partial charge in [0.1, 0.15) is 17.3 Å². The summed E-state index contributed by atoms with van der Waals surface area (Å²) in [4.78, 5) is 10.7. The lowest BCUT2D eigenvalue weighted by Crippen LogP contribution is -2.37. The maximum absolute atomic E-state index is 13.4. The second kappa shape index (κ2) is 17.3. The summed E-state index contributed by atoms with van der Waals surface area (Å²) in [6.45, 7) is 18.1. The average molecular weight is 643 g/mol. The molecule has 0 aliphatic rings. The van der Waals surface area contributed by atoms with E-state index in [1.807, 2.05) is 52.0 Å². The Morgan fingerprint density at radius 3 is 2.23 bits per heavy atom. The van der Waals surface area contributed by atoms with E-state index in [1.54, 1.807) is 18.2 Å².